The molecule has 20 heavy (non-hydrogen) atoms. The maximum absolute atomic E-state index is 13.3. The van der Waals surface area contributed by atoms with Gasteiger partial charge >= 0.3 is 11.8 Å². The van der Waals surface area contributed by atoms with Gasteiger partial charge < -0.3 is 15.7 Å². The molecule has 0 aromatic heterocycles. The molecule has 0 radical (unpaired) electrons. The SMILES string of the molecule is Cc1c(F)cccc1NC(=O)C(=O)NCC1(O)CCC1. The smallest absolute Gasteiger partial charge is 0.313 e. The molecule has 108 valence electrons. The van der Waals surface area contributed by atoms with Crippen molar-refractivity contribution in [2.45, 2.75) is 31.8 Å². The van der Waals surface area contributed by atoms with Crippen molar-refractivity contribution >= 4 is 17.5 Å². The molecule has 2 amide bonds. The number of nitrogens with one attached hydrogen (secondary N) is 2. The van der Waals surface area contributed by atoms with E-state index in [0.29, 0.717) is 12.8 Å². The summed E-state index contributed by atoms with van der Waals surface area (Å²) in [6, 6.07) is 4.24. The second-order valence-corrected chi connectivity index (χ2v) is 5.13. The number of halogens is 1. The minimum atomic E-state index is -0.884. The fourth-order valence-corrected chi connectivity index (χ4v) is 2.01. The Balaban J connectivity index is 1.90. The van der Waals surface area contributed by atoms with Gasteiger partial charge in [-0.15, -0.1) is 0 Å². The van der Waals surface area contributed by atoms with Gasteiger partial charge in [0.1, 0.15) is 5.82 Å². The summed E-state index contributed by atoms with van der Waals surface area (Å²) in [5, 5.41) is 14.5. The van der Waals surface area contributed by atoms with Gasteiger partial charge in [-0.25, -0.2) is 4.39 Å². The van der Waals surface area contributed by atoms with E-state index < -0.39 is 23.2 Å². The van der Waals surface area contributed by atoms with Crippen LogP contribution in [-0.4, -0.2) is 29.1 Å². The van der Waals surface area contributed by atoms with Crippen LogP contribution < -0.4 is 10.6 Å². The summed E-state index contributed by atoms with van der Waals surface area (Å²) in [5.41, 5.74) is -0.358. The summed E-state index contributed by atoms with van der Waals surface area (Å²) in [4.78, 5) is 23.3. The number of amides is 2. The molecule has 0 unspecified atom stereocenters. The minimum absolute atomic E-state index is 0.0569. The van der Waals surface area contributed by atoms with Crippen LogP contribution in [0.1, 0.15) is 24.8 Å². The van der Waals surface area contributed by atoms with Crippen LogP contribution in [0.25, 0.3) is 0 Å². The van der Waals surface area contributed by atoms with Gasteiger partial charge in [-0.05, 0) is 38.3 Å². The number of hydrogen-bond acceptors (Lipinski definition) is 3. The number of benzene rings is 1. The van der Waals surface area contributed by atoms with E-state index in [1.165, 1.54) is 25.1 Å². The highest BCUT2D eigenvalue weighted by Crippen LogP contribution is 2.30. The monoisotopic (exact) mass is 280 g/mol. The normalized spacial score (nSPS) is 16.1. The van der Waals surface area contributed by atoms with Crippen molar-refractivity contribution in [3.8, 4) is 0 Å². The van der Waals surface area contributed by atoms with Crippen LogP contribution >= 0.6 is 0 Å². The molecule has 0 atom stereocenters. The van der Waals surface area contributed by atoms with Crippen molar-refractivity contribution in [2.75, 3.05) is 11.9 Å². The molecular weight excluding hydrogens is 263 g/mol. The van der Waals surface area contributed by atoms with E-state index in [-0.39, 0.29) is 17.8 Å². The zero-order valence-corrected chi connectivity index (χ0v) is 11.2. The van der Waals surface area contributed by atoms with Crippen molar-refractivity contribution in [1.82, 2.24) is 5.32 Å². The molecule has 2 rings (SSSR count). The number of carbonyl (C=O) groups is 2. The first-order chi connectivity index (χ1) is 9.41. The minimum Gasteiger partial charge on any atom is -0.388 e. The molecule has 0 spiro atoms. The quantitative estimate of drug-likeness (QED) is 0.726. The Hall–Kier alpha value is -1.95. The Kier molecular flexibility index (Phi) is 4.04. The van der Waals surface area contributed by atoms with Crippen molar-refractivity contribution < 1.29 is 19.1 Å². The zero-order chi connectivity index (χ0) is 14.8. The average Bonchev–Trinajstić information content (AvgIpc) is 2.39. The van der Waals surface area contributed by atoms with E-state index in [9.17, 15) is 19.1 Å². The molecule has 5 nitrogen and oxygen atoms in total. The van der Waals surface area contributed by atoms with E-state index in [1.807, 2.05) is 0 Å². The van der Waals surface area contributed by atoms with Gasteiger partial charge in [-0.2, -0.15) is 0 Å². The lowest BCUT2D eigenvalue weighted by Crippen LogP contribution is -2.49. The van der Waals surface area contributed by atoms with Gasteiger partial charge in [-0.1, -0.05) is 6.07 Å². The van der Waals surface area contributed by atoms with Crippen LogP contribution in [0.2, 0.25) is 0 Å². The van der Waals surface area contributed by atoms with Crippen LogP contribution in [0.5, 0.6) is 0 Å². The van der Waals surface area contributed by atoms with Gasteiger partial charge in [0, 0.05) is 17.8 Å². The van der Waals surface area contributed by atoms with E-state index in [4.69, 9.17) is 0 Å². The van der Waals surface area contributed by atoms with Crippen LogP contribution in [-0.2, 0) is 9.59 Å². The van der Waals surface area contributed by atoms with Crippen LogP contribution in [0.15, 0.2) is 18.2 Å². The summed E-state index contributed by atoms with van der Waals surface area (Å²) < 4.78 is 13.3. The molecule has 1 aromatic carbocycles. The summed E-state index contributed by atoms with van der Waals surface area (Å²) in [7, 11) is 0. The number of aliphatic hydroxyl groups is 1. The number of rotatable bonds is 3. The fourth-order valence-electron chi connectivity index (χ4n) is 2.01. The third kappa shape index (κ3) is 3.14. The van der Waals surface area contributed by atoms with Gasteiger partial charge in [0.05, 0.1) is 5.60 Å². The Morgan fingerprint density at radius 1 is 1.35 bits per heavy atom. The van der Waals surface area contributed by atoms with E-state index in [0.717, 1.165) is 6.42 Å². The van der Waals surface area contributed by atoms with Gasteiger partial charge in [-0.3, -0.25) is 9.59 Å². The van der Waals surface area contributed by atoms with E-state index in [2.05, 4.69) is 10.6 Å². The predicted molar refractivity (Wildman–Crippen MR) is 71.6 cm³/mol. The van der Waals surface area contributed by atoms with Crippen molar-refractivity contribution in [2.24, 2.45) is 0 Å². The third-order valence-electron chi connectivity index (χ3n) is 3.58. The molecule has 1 aliphatic rings. The van der Waals surface area contributed by atoms with Gasteiger partial charge in [0.25, 0.3) is 0 Å². The molecule has 1 aliphatic carbocycles. The third-order valence-corrected chi connectivity index (χ3v) is 3.58. The topological polar surface area (TPSA) is 78.4 Å². The molecule has 1 saturated carbocycles. The maximum atomic E-state index is 13.3. The van der Waals surface area contributed by atoms with Crippen molar-refractivity contribution in [3.63, 3.8) is 0 Å². The molecule has 0 heterocycles. The Morgan fingerprint density at radius 3 is 2.65 bits per heavy atom. The molecule has 0 saturated heterocycles. The lowest BCUT2D eigenvalue weighted by atomic mass is 9.80. The first-order valence-electron chi connectivity index (χ1n) is 6.48. The van der Waals surface area contributed by atoms with Crippen molar-refractivity contribution in [1.29, 1.82) is 0 Å². The summed E-state index contributed by atoms with van der Waals surface area (Å²) >= 11 is 0. The van der Waals surface area contributed by atoms with Gasteiger partial charge in [0.15, 0.2) is 0 Å². The lowest BCUT2D eigenvalue weighted by molar-refractivity contribution is -0.137. The highest BCUT2D eigenvalue weighted by Gasteiger charge is 2.35. The molecular formula is C14H17FN2O3. The number of carbonyl (C=O) groups excluding carboxylic acids is 2. The lowest BCUT2D eigenvalue weighted by Gasteiger charge is -2.36. The first kappa shape index (κ1) is 14.5. The maximum Gasteiger partial charge on any atom is 0.313 e. The summed E-state index contributed by atoms with van der Waals surface area (Å²) in [5.74, 6) is -2.16. The van der Waals surface area contributed by atoms with E-state index in [1.54, 1.807) is 0 Å². The predicted octanol–water partition coefficient (Wildman–Crippen LogP) is 1.10. The number of hydrogen-bond donors (Lipinski definition) is 3. The Bertz CT molecular complexity index is 541. The van der Waals surface area contributed by atoms with Gasteiger partial charge in [0.2, 0.25) is 0 Å². The molecule has 0 bridgehead atoms. The van der Waals surface area contributed by atoms with Crippen LogP contribution in [0.3, 0.4) is 0 Å². The largest absolute Gasteiger partial charge is 0.388 e. The Morgan fingerprint density at radius 2 is 2.05 bits per heavy atom. The highest BCUT2D eigenvalue weighted by atomic mass is 19.1. The summed E-state index contributed by atoms with van der Waals surface area (Å²) in [6.45, 7) is 1.57. The molecule has 1 fully saturated rings. The summed E-state index contributed by atoms with van der Waals surface area (Å²) in [6.07, 6.45) is 2.16. The zero-order valence-electron chi connectivity index (χ0n) is 11.2. The van der Waals surface area contributed by atoms with Crippen LogP contribution in [0.4, 0.5) is 10.1 Å². The van der Waals surface area contributed by atoms with E-state index >= 15 is 0 Å². The average molecular weight is 280 g/mol. The van der Waals surface area contributed by atoms with Crippen LogP contribution in [0, 0.1) is 12.7 Å². The highest BCUT2D eigenvalue weighted by molar-refractivity contribution is 6.39. The second-order valence-electron chi connectivity index (χ2n) is 5.13. The number of anilines is 1. The fraction of sp³-hybridized carbons (Fsp3) is 0.429. The Labute approximate surface area is 116 Å². The molecule has 1 aromatic rings. The first-order valence-corrected chi connectivity index (χ1v) is 6.48. The second kappa shape index (κ2) is 5.58. The molecule has 6 heteroatoms. The standard InChI is InChI=1S/C14H17FN2O3/c1-9-10(15)4-2-5-11(9)17-13(19)12(18)16-8-14(20)6-3-7-14/h2,4-5,20H,3,6-8H2,1H3,(H,16,18)(H,17,19). The molecule has 3 N–H and O–H groups in total. The van der Waals surface area contributed by atoms with Crippen molar-refractivity contribution in [3.05, 3.63) is 29.6 Å². The molecule has 0 aliphatic heterocycles.